The van der Waals surface area contributed by atoms with Crippen LogP contribution in [0.3, 0.4) is 0 Å². The molecule has 41 heavy (non-hydrogen) atoms. The summed E-state index contributed by atoms with van der Waals surface area (Å²) in [5.74, 6) is -1.07. The maximum Gasteiger partial charge on any atom is 0.405 e. The molecule has 0 aliphatic rings. The van der Waals surface area contributed by atoms with Crippen LogP contribution in [0.25, 0.3) is 10.1 Å². The molecular weight excluding hydrogens is 544 g/mol. The zero-order valence-electron chi connectivity index (χ0n) is 24.0. The summed E-state index contributed by atoms with van der Waals surface area (Å²) in [6.07, 6.45) is -0.865. The van der Waals surface area contributed by atoms with E-state index in [1.807, 2.05) is 60.0 Å². The Balaban J connectivity index is 1.86. The lowest BCUT2D eigenvalue weighted by atomic mass is 9.80. The molecule has 2 aromatic carbocycles. The summed E-state index contributed by atoms with van der Waals surface area (Å²) >= 11 is 1.51. The number of fused-ring (bicyclic) bond motifs is 1. The van der Waals surface area contributed by atoms with Crippen molar-refractivity contribution in [1.82, 2.24) is 20.9 Å². The average Bonchev–Trinajstić information content (AvgIpc) is 3.38. The lowest BCUT2D eigenvalue weighted by Gasteiger charge is -2.36. The van der Waals surface area contributed by atoms with Gasteiger partial charge in [0.05, 0.1) is 17.6 Å². The molecule has 1 heterocycles. The molecule has 10 nitrogen and oxygen atoms in total. The smallest absolute Gasteiger partial charge is 0.405 e. The predicted octanol–water partition coefficient (Wildman–Crippen LogP) is 3.15. The van der Waals surface area contributed by atoms with Crippen LogP contribution in [0.15, 0.2) is 60.0 Å². The van der Waals surface area contributed by atoms with Gasteiger partial charge in [-0.1, -0.05) is 48.5 Å². The van der Waals surface area contributed by atoms with Gasteiger partial charge in [0.1, 0.15) is 12.6 Å². The Morgan fingerprint density at radius 2 is 1.68 bits per heavy atom. The zero-order valence-corrected chi connectivity index (χ0v) is 24.8. The molecule has 0 unspecified atom stereocenters. The van der Waals surface area contributed by atoms with Crippen molar-refractivity contribution in [2.45, 2.75) is 44.2 Å². The second kappa shape index (κ2) is 13.6. The standard InChI is InChI=1S/C30H38N4O6S/c1-29(2,33-28(38)39)19-40-16-25(35)32-18-30(3,22-17-41-24-14-10-9-13-21(22)24)27(37)34(5)23(26(36)31-4)15-20-11-7-6-8-12-20/h6-14,17,23,33H,15-16,18-19H2,1-5H3,(H,31,36)(H,32,35)(H,38,39)/t23-,30+/m1/s1. The zero-order chi connectivity index (χ0) is 30.2. The van der Waals surface area contributed by atoms with Crippen molar-refractivity contribution < 1.29 is 29.0 Å². The molecule has 0 aliphatic carbocycles. The summed E-state index contributed by atoms with van der Waals surface area (Å²) in [5.41, 5.74) is -0.438. The molecule has 0 saturated heterocycles. The van der Waals surface area contributed by atoms with Gasteiger partial charge in [0, 0.05) is 31.8 Å². The molecule has 0 radical (unpaired) electrons. The number of rotatable bonds is 13. The number of hydrogen-bond acceptors (Lipinski definition) is 6. The Morgan fingerprint density at radius 3 is 2.34 bits per heavy atom. The normalized spacial score (nSPS) is 13.6. The van der Waals surface area contributed by atoms with Crippen molar-refractivity contribution in [3.05, 3.63) is 71.1 Å². The van der Waals surface area contributed by atoms with Gasteiger partial charge >= 0.3 is 6.09 Å². The largest absolute Gasteiger partial charge is 0.465 e. The Hall–Kier alpha value is -3.96. The highest BCUT2D eigenvalue weighted by Gasteiger charge is 2.42. The number of nitrogens with one attached hydrogen (secondary N) is 3. The molecule has 4 N–H and O–H groups in total. The molecule has 0 aliphatic heterocycles. The molecule has 4 amide bonds. The fourth-order valence-electron chi connectivity index (χ4n) is 4.68. The summed E-state index contributed by atoms with van der Waals surface area (Å²) in [7, 11) is 3.15. The highest BCUT2D eigenvalue weighted by atomic mass is 32.1. The van der Waals surface area contributed by atoms with Gasteiger partial charge in [0.15, 0.2) is 0 Å². The first-order chi connectivity index (χ1) is 19.4. The van der Waals surface area contributed by atoms with Gasteiger partial charge in [-0.3, -0.25) is 14.4 Å². The van der Waals surface area contributed by atoms with Gasteiger partial charge in [-0.15, -0.1) is 11.3 Å². The van der Waals surface area contributed by atoms with Crippen LogP contribution in [0.4, 0.5) is 4.79 Å². The lowest BCUT2D eigenvalue weighted by molar-refractivity contribution is -0.143. The first-order valence-electron chi connectivity index (χ1n) is 13.2. The SMILES string of the molecule is CNC(=O)[C@@H](Cc1ccccc1)N(C)C(=O)[C@@](C)(CNC(=O)COCC(C)(C)NC(=O)O)c1csc2ccccc12. The first kappa shape index (κ1) is 31.6. The van der Waals surface area contributed by atoms with E-state index in [4.69, 9.17) is 9.84 Å². The number of carboxylic acid groups (broad SMARTS) is 1. The molecule has 11 heteroatoms. The van der Waals surface area contributed by atoms with E-state index < -0.39 is 29.0 Å². The van der Waals surface area contributed by atoms with Crippen LogP contribution in [0, 0.1) is 0 Å². The molecule has 220 valence electrons. The van der Waals surface area contributed by atoms with Gasteiger partial charge in [-0.25, -0.2) is 4.79 Å². The fraction of sp³-hybridized carbons (Fsp3) is 0.400. The molecule has 2 atom stereocenters. The summed E-state index contributed by atoms with van der Waals surface area (Å²) in [6, 6.07) is 16.4. The monoisotopic (exact) mass is 582 g/mol. The third-order valence-electron chi connectivity index (χ3n) is 6.94. The third kappa shape index (κ3) is 8.05. The number of hydrogen-bond donors (Lipinski definition) is 4. The predicted molar refractivity (Wildman–Crippen MR) is 159 cm³/mol. The van der Waals surface area contributed by atoms with Crippen LogP contribution < -0.4 is 16.0 Å². The van der Waals surface area contributed by atoms with Gasteiger partial charge in [-0.05, 0) is 48.7 Å². The number of nitrogens with zero attached hydrogens (tertiary/aromatic N) is 1. The van der Waals surface area contributed by atoms with E-state index in [0.717, 1.165) is 21.2 Å². The molecule has 3 aromatic rings. The number of carbonyl (C=O) groups excluding carboxylic acids is 3. The number of thiophene rings is 1. The Morgan fingerprint density at radius 1 is 1.02 bits per heavy atom. The van der Waals surface area contributed by atoms with E-state index in [1.54, 1.807) is 27.8 Å². The van der Waals surface area contributed by atoms with Crippen molar-refractivity contribution in [2.24, 2.45) is 0 Å². The molecule has 0 bridgehead atoms. The van der Waals surface area contributed by atoms with E-state index in [1.165, 1.54) is 23.3 Å². The van der Waals surface area contributed by atoms with Gasteiger partial charge < -0.3 is 30.7 Å². The minimum absolute atomic E-state index is 0.0197. The van der Waals surface area contributed by atoms with Gasteiger partial charge in [0.2, 0.25) is 17.7 Å². The van der Waals surface area contributed by atoms with Crippen LogP contribution in [0.5, 0.6) is 0 Å². The highest BCUT2D eigenvalue weighted by Crippen LogP contribution is 2.36. The Kier molecular flexibility index (Phi) is 10.5. The lowest BCUT2D eigenvalue weighted by Crippen LogP contribution is -2.56. The number of amides is 4. The molecule has 1 aromatic heterocycles. The van der Waals surface area contributed by atoms with E-state index in [9.17, 15) is 19.2 Å². The first-order valence-corrected chi connectivity index (χ1v) is 14.1. The quantitative estimate of drug-likeness (QED) is 0.244. The van der Waals surface area contributed by atoms with Crippen LogP contribution in [0.1, 0.15) is 31.9 Å². The van der Waals surface area contributed by atoms with E-state index >= 15 is 0 Å². The molecular formula is C30H38N4O6S. The number of likely N-dealkylation sites (N-methyl/N-ethyl adjacent to an activating group) is 2. The van der Waals surface area contributed by atoms with E-state index in [-0.39, 0.29) is 31.6 Å². The van der Waals surface area contributed by atoms with Crippen molar-refractivity contribution in [2.75, 3.05) is 33.9 Å². The van der Waals surface area contributed by atoms with Gasteiger partial charge in [0.25, 0.3) is 0 Å². The molecule has 0 saturated carbocycles. The minimum atomic E-state index is -1.21. The average molecular weight is 583 g/mol. The summed E-state index contributed by atoms with van der Waals surface area (Å²) in [5, 5.41) is 19.6. The highest BCUT2D eigenvalue weighted by molar-refractivity contribution is 7.17. The molecule has 0 fully saturated rings. The second-order valence-corrected chi connectivity index (χ2v) is 11.7. The van der Waals surface area contributed by atoms with Crippen molar-refractivity contribution in [3.8, 4) is 0 Å². The maximum absolute atomic E-state index is 14.3. The third-order valence-corrected chi connectivity index (χ3v) is 7.90. The summed E-state index contributed by atoms with van der Waals surface area (Å²) in [6.45, 7) is 4.68. The van der Waals surface area contributed by atoms with Crippen molar-refractivity contribution in [1.29, 1.82) is 0 Å². The Labute approximate surface area is 244 Å². The number of ether oxygens (including phenoxy) is 1. The summed E-state index contributed by atoms with van der Waals surface area (Å²) < 4.78 is 6.46. The van der Waals surface area contributed by atoms with Crippen molar-refractivity contribution >= 4 is 45.2 Å². The second-order valence-electron chi connectivity index (χ2n) is 10.8. The number of benzene rings is 2. The van der Waals surface area contributed by atoms with Crippen molar-refractivity contribution in [3.63, 3.8) is 0 Å². The van der Waals surface area contributed by atoms with Crippen LogP contribution in [-0.2, 0) is 31.0 Å². The molecule has 0 spiro atoms. The topological polar surface area (TPSA) is 137 Å². The van der Waals surface area contributed by atoms with E-state index in [0.29, 0.717) is 6.42 Å². The minimum Gasteiger partial charge on any atom is -0.465 e. The maximum atomic E-state index is 14.3. The van der Waals surface area contributed by atoms with Crippen LogP contribution in [0.2, 0.25) is 0 Å². The van der Waals surface area contributed by atoms with Gasteiger partial charge in [-0.2, -0.15) is 0 Å². The molecule has 3 rings (SSSR count). The van der Waals surface area contributed by atoms with E-state index in [2.05, 4.69) is 16.0 Å². The summed E-state index contributed by atoms with van der Waals surface area (Å²) in [4.78, 5) is 52.5. The van der Waals surface area contributed by atoms with Crippen LogP contribution in [-0.4, -0.2) is 79.3 Å². The fourth-order valence-corrected chi connectivity index (χ4v) is 5.78. The van der Waals surface area contributed by atoms with Crippen LogP contribution >= 0.6 is 11.3 Å². The number of carbonyl (C=O) groups is 4. The Bertz CT molecular complexity index is 1380.